The molecule has 2 N–H and O–H groups in total. The second kappa shape index (κ2) is 6.82. The van der Waals surface area contributed by atoms with E-state index in [9.17, 15) is 4.79 Å². The summed E-state index contributed by atoms with van der Waals surface area (Å²) in [5.74, 6) is 0.954. The molecule has 0 aromatic heterocycles. The monoisotopic (exact) mass is 305 g/mol. The lowest BCUT2D eigenvalue weighted by Gasteiger charge is -2.09. The highest BCUT2D eigenvalue weighted by Gasteiger charge is 2.14. The number of hydrogen-bond donors (Lipinski definition) is 1. The number of nitrogen functional groups attached to an aromatic ring is 1. The van der Waals surface area contributed by atoms with Crippen LogP contribution in [0.5, 0.6) is 0 Å². The van der Waals surface area contributed by atoms with E-state index < -0.39 is 0 Å². The van der Waals surface area contributed by atoms with Gasteiger partial charge >= 0.3 is 0 Å². The normalized spacial score (nSPS) is 10.5. The summed E-state index contributed by atoms with van der Waals surface area (Å²) in [7, 11) is 0. The first-order valence-electron chi connectivity index (χ1n) is 6.44. The van der Waals surface area contributed by atoms with Gasteiger partial charge in [0.15, 0.2) is 5.78 Å². The third kappa shape index (κ3) is 3.56. The number of anilines is 1. The van der Waals surface area contributed by atoms with Crippen LogP contribution in [0.3, 0.4) is 0 Å². The maximum absolute atomic E-state index is 12.6. The highest BCUT2D eigenvalue weighted by Crippen LogP contribution is 2.28. The minimum absolute atomic E-state index is 0.0221. The largest absolute Gasteiger partial charge is 0.399 e. The fourth-order valence-electron chi connectivity index (χ4n) is 1.81. The van der Waals surface area contributed by atoms with E-state index in [0.717, 1.165) is 17.1 Å². The summed E-state index contributed by atoms with van der Waals surface area (Å²) in [5.41, 5.74) is 7.57. The maximum atomic E-state index is 12.6. The van der Waals surface area contributed by atoms with Gasteiger partial charge in [0.2, 0.25) is 0 Å². The zero-order valence-corrected chi connectivity index (χ0v) is 12.8. The average Bonchev–Trinajstić information content (AvgIpc) is 2.46. The molecule has 20 heavy (non-hydrogen) atoms. The highest BCUT2D eigenvalue weighted by atomic mass is 35.5. The van der Waals surface area contributed by atoms with Crippen LogP contribution in [0.1, 0.15) is 29.3 Å². The molecule has 0 aliphatic heterocycles. The summed E-state index contributed by atoms with van der Waals surface area (Å²) in [6.07, 6.45) is 1.06. The van der Waals surface area contributed by atoms with E-state index in [-0.39, 0.29) is 5.78 Å². The van der Waals surface area contributed by atoms with Crippen molar-refractivity contribution in [2.24, 2.45) is 0 Å². The van der Waals surface area contributed by atoms with E-state index in [2.05, 4.69) is 6.92 Å². The van der Waals surface area contributed by atoms with Crippen molar-refractivity contribution in [2.45, 2.75) is 18.2 Å². The fourth-order valence-corrected chi connectivity index (χ4v) is 2.88. The van der Waals surface area contributed by atoms with Gasteiger partial charge in [0.1, 0.15) is 0 Å². The van der Waals surface area contributed by atoms with Crippen LogP contribution in [-0.4, -0.2) is 11.5 Å². The van der Waals surface area contributed by atoms with Crippen LogP contribution in [0.4, 0.5) is 5.69 Å². The maximum Gasteiger partial charge on any atom is 0.194 e. The number of ketones is 1. The minimum Gasteiger partial charge on any atom is -0.399 e. The molecular formula is C16H16ClNOS. The summed E-state index contributed by atoms with van der Waals surface area (Å²) < 4.78 is 0. The molecule has 0 aliphatic carbocycles. The predicted molar refractivity (Wildman–Crippen MR) is 86.8 cm³/mol. The van der Waals surface area contributed by atoms with Gasteiger partial charge < -0.3 is 5.73 Å². The number of carbonyl (C=O) groups excluding carboxylic acids is 1. The quantitative estimate of drug-likeness (QED) is 0.496. The molecule has 0 aliphatic rings. The topological polar surface area (TPSA) is 43.1 Å². The SMILES string of the molecule is CCCSc1ccc(Cl)cc1C(=O)c1ccc(N)cc1. The van der Waals surface area contributed by atoms with E-state index in [1.165, 1.54) is 0 Å². The Bertz CT molecular complexity index is 610. The van der Waals surface area contributed by atoms with Crippen LogP contribution >= 0.6 is 23.4 Å². The number of hydrogen-bond acceptors (Lipinski definition) is 3. The Hall–Kier alpha value is -1.45. The van der Waals surface area contributed by atoms with Gasteiger partial charge in [-0.1, -0.05) is 18.5 Å². The first kappa shape index (κ1) is 14.9. The average molecular weight is 306 g/mol. The van der Waals surface area contributed by atoms with Crippen LogP contribution in [-0.2, 0) is 0 Å². The molecule has 0 unspecified atom stereocenters. The van der Waals surface area contributed by atoms with Crippen LogP contribution in [0.25, 0.3) is 0 Å². The van der Waals surface area contributed by atoms with Crippen LogP contribution in [0.2, 0.25) is 5.02 Å². The Labute approximate surface area is 128 Å². The van der Waals surface area contributed by atoms with E-state index in [0.29, 0.717) is 21.8 Å². The van der Waals surface area contributed by atoms with Crippen molar-refractivity contribution in [2.75, 3.05) is 11.5 Å². The first-order chi connectivity index (χ1) is 9.61. The number of thioether (sulfide) groups is 1. The molecule has 0 bridgehead atoms. The minimum atomic E-state index is -0.0221. The summed E-state index contributed by atoms with van der Waals surface area (Å²) >= 11 is 7.70. The second-order valence-corrected chi connectivity index (χ2v) is 6.01. The number of halogens is 1. The van der Waals surface area contributed by atoms with E-state index in [1.54, 1.807) is 42.1 Å². The van der Waals surface area contributed by atoms with Crippen molar-refractivity contribution in [3.63, 3.8) is 0 Å². The molecular weight excluding hydrogens is 290 g/mol. The number of carbonyl (C=O) groups is 1. The Balaban J connectivity index is 2.37. The van der Waals surface area contributed by atoms with E-state index in [1.807, 2.05) is 12.1 Å². The van der Waals surface area contributed by atoms with Gasteiger partial charge in [0.25, 0.3) is 0 Å². The molecule has 0 saturated heterocycles. The molecule has 104 valence electrons. The smallest absolute Gasteiger partial charge is 0.194 e. The summed E-state index contributed by atoms with van der Waals surface area (Å²) in [6.45, 7) is 2.12. The predicted octanol–water partition coefficient (Wildman–Crippen LogP) is 4.66. The molecule has 2 rings (SSSR count). The Morgan fingerprint density at radius 3 is 2.55 bits per heavy atom. The molecule has 0 amide bonds. The van der Waals surface area contributed by atoms with Gasteiger partial charge in [0.05, 0.1) is 0 Å². The van der Waals surface area contributed by atoms with Gasteiger partial charge in [0, 0.05) is 26.7 Å². The van der Waals surface area contributed by atoms with Gasteiger partial charge in [-0.2, -0.15) is 0 Å². The molecule has 2 aromatic carbocycles. The Morgan fingerprint density at radius 1 is 1.20 bits per heavy atom. The second-order valence-electron chi connectivity index (χ2n) is 4.44. The lowest BCUT2D eigenvalue weighted by Crippen LogP contribution is -2.03. The third-order valence-electron chi connectivity index (χ3n) is 2.82. The molecule has 2 aromatic rings. The van der Waals surface area contributed by atoms with Crippen molar-refractivity contribution in [1.82, 2.24) is 0 Å². The van der Waals surface area contributed by atoms with Gasteiger partial charge in [-0.25, -0.2) is 0 Å². The zero-order valence-electron chi connectivity index (χ0n) is 11.2. The molecule has 0 saturated carbocycles. The third-order valence-corrected chi connectivity index (χ3v) is 4.34. The summed E-state index contributed by atoms with van der Waals surface area (Å²) in [5, 5.41) is 0.574. The molecule has 0 fully saturated rings. The van der Waals surface area contributed by atoms with Crippen molar-refractivity contribution >= 4 is 34.8 Å². The molecule has 0 heterocycles. The lowest BCUT2D eigenvalue weighted by molar-refractivity contribution is 0.103. The van der Waals surface area contributed by atoms with Crippen molar-refractivity contribution < 1.29 is 4.79 Å². The fraction of sp³-hybridized carbons (Fsp3) is 0.188. The van der Waals surface area contributed by atoms with Gasteiger partial charge in [-0.3, -0.25) is 4.79 Å². The van der Waals surface area contributed by atoms with Gasteiger partial charge in [-0.05, 0) is 54.6 Å². The van der Waals surface area contributed by atoms with E-state index in [4.69, 9.17) is 17.3 Å². The zero-order chi connectivity index (χ0) is 14.5. The van der Waals surface area contributed by atoms with Crippen LogP contribution in [0.15, 0.2) is 47.4 Å². The molecule has 4 heteroatoms. The number of nitrogens with two attached hydrogens (primary N) is 1. The molecule has 2 nitrogen and oxygen atoms in total. The standard InChI is InChI=1S/C16H16ClNOS/c1-2-9-20-15-8-5-12(17)10-14(15)16(19)11-3-6-13(18)7-4-11/h3-8,10H,2,9,18H2,1H3. The first-order valence-corrected chi connectivity index (χ1v) is 7.80. The van der Waals surface area contributed by atoms with Crippen LogP contribution in [0, 0.1) is 0 Å². The molecule has 0 spiro atoms. The van der Waals surface area contributed by atoms with Crippen molar-refractivity contribution in [3.05, 3.63) is 58.6 Å². The lowest BCUT2D eigenvalue weighted by atomic mass is 10.0. The van der Waals surface area contributed by atoms with Crippen molar-refractivity contribution in [1.29, 1.82) is 0 Å². The number of rotatable bonds is 5. The Kier molecular flexibility index (Phi) is 5.10. The van der Waals surface area contributed by atoms with Gasteiger partial charge in [-0.15, -0.1) is 11.8 Å². The molecule has 0 atom stereocenters. The summed E-state index contributed by atoms with van der Waals surface area (Å²) in [6, 6.07) is 12.4. The number of benzene rings is 2. The highest BCUT2D eigenvalue weighted by molar-refractivity contribution is 7.99. The Morgan fingerprint density at radius 2 is 1.90 bits per heavy atom. The van der Waals surface area contributed by atoms with Crippen molar-refractivity contribution in [3.8, 4) is 0 Å². The molecule has 0 radical (unpaired) electrons. The summed E-state index contributed by atoms with van der Waals surface area (Å²) in [4.78, 5) is 13.6. The van der Waals surface area contributed by atoms with E-state index >= 15 is 0 Å². The van der Waals surface area contributed by atoms with Crippen LogP contribution < -0.4 is 5.73 Å².